The van der Waals surface area contributed by atoms with Crippen molar-refractivity contribution in [1.82, 2.24) is 0 Å². The van der Waals surface area contributed by atoms with Gasteiger partial charge in [0, 0.05) is 25.7 Å². The van der Waals surface area contributed by atoms with Crippen LogP contribution in [0.15, 0.2) is 0 Å². The Labute approximate surface area is 619 Å². The second kappa shape index (κ2) is 72.3. The molecule has 17 nitrogen and oxygen atoms in total. The monoisotopic (exact) mass is 1480 g/mol. The average Bonchev–Trinajstić information content (AvgIpc) is 0.946. The van der Waals surface area contributed by atoms with Crippen LogP contribution in [0.25, 0.3) is 0 Å². The minimum Gasteiger partial charge on any atom is -0.462 e. The van der Waals surface area contributed by atoms with E-state index < -0.39 is 97.5 Å². The number of aliphatic hydroxyl groups is 1. The van der Waals surface area contributed by atoms with Gasteiger partial charge in [0.05, 0.1) is 26.4 Å². The quantitative estimate of drug-likeness (QED) is 0.0222. The molecule has 2 unspecified atom stereocenters. The van der Waals surface area contributed by atoms with Crippen LogP contribution >= 0.6 is 15.6 Å². The molecule has 5 atom stereocenters. The van der Waals surface area contributed by atoms with Crippen LogP contribution in [0.1, 0.15) is 427 Å². The van der Waals surface area contributed by atoms with Gasteiger partial charge in [-0.2, -0.15) is 0 Å². The summed E-state index contributed by atoms with van der Waals surface area (Å²) in [5.74, 6) is 0.193. The van der Waals surface area contributed by atoms with E-state index in [-0.39, 0.29) is 25.7 Å². The van der Waals surface area contributed by atoms with Gasteiger partial charge in [0.2, 0.25) is 0 Å². The van der Waals surface area contributed by atoms with E-state index in [0.717, 1.165) is 108 Å². The van der Waals surface area contributed by atoms with Crippen LogP contribution in [0.2, 0.25) is 0 Å². The third-order valence-corrected chi connectivity index (χ3v) is 21.0. The number of phosphoric ester groups is 2. The van der Waals surface area contributed by atoms with Gasteiger partial charge in [-0.05, 0) is 43.4 Å². The summed E-state index contributed by atoms with van der Waals surface area (Å²) in [6.07, 6.45) is 61.0. The fraction of sp³-hybridized carbons (Fsp3) is 0.951. The van der Waals surface area contributed by atoms with E-state index in [4.69, 9.17) is 37.0 Å². The lowest BCUT2D eigenvalue weighted by Gasteiger charge is -2.21. The van der Waals surface area contributed by atoms with Crippen molar-refractivity contribution in [2.75, 3.05) is 39.6 Å². The van der Waals surface area contributed by atoms with Crippen molar-refractivity contribution >= 4 is 39.5 Å². The normalized spacial score (nSPS) is 14.0. The highest BCUT2D eigenvalue weighted by atomic mass is 31.2. The van der Waals surface area contributed by atoms with E-state index in [9.17, 15) is 43.2 Å². The van der Waals surface area contributed by atoms with Gasteiger partial charge < -0.3 is 33.8 Å². The Kier molecular flexibility index (Phi) is 70.9. The number of esters is 4. The molecule has 0 saturated heterocycles. The van der Waals surface area contributed by atoms with Gasteiger partial charge in [0.1, 0.15) is 19.3 Å². The SMILES string of the molecule is CCCCCCCCCCCCCCCCCCCCCC(=O)O[C@H](COC(=O)CCCCCCCCCCCCCCC(C)C)COP(=O)(O)OC[C@@H](O)COP(=O)(O)OC[C@@H](COC(=O)CCCCCCCCCCCC(C)C)OC(=O)CCCCCCCCCCCCCCC(C)C. The van der Waals surface area contributed by atoms with Crippen molar-refractivity contribution in [1.29, 1.82) is 0 Å². The number of carbonyl (C=O) groups excluding carboxylic acids is 4. The molecule has 0 aromatic heterocycles. The molecule has 3 N–H and O–H groups in total. The highest BCUT2D eigenvalue weighted by Crippen LogP contribution is 2.45. The van der Waals surface area contributed by atoms with Gasteiger partial charge in [0.25, 0.3) is 0 Å². The number of hydrogen-bond donors (Lipinski definition) is 3. The third-order valence-electron chi connectivity index (χ3n) is 19.1. The molecule has 0 aliphatic rings. The number of ether oxygens (including phenoxy) is 4. The lowest BCUT2D eigenvalue weighted by molar-refractivity contribution is -0.161. The average molecular weight is 1480 g/mol. The molecular formula is C82H160O17P2. The van der Waals surface area contributed by atoms with E-state index >= 15 is 0 Å². The molecule has 0 aromatic carbocycles. The Bertz CT molecular complexity index is 1960. The second-order valence-electron chi connectivity index (χ2n) is 30.9. The van der Waals surface area contributed by atoms with Gasteiger partial charge >= 0.3 is 39.5 Å². The minimum atomic E-state index is -4.96. The first kappa shape index (κ1) is 99.1. The summed E-state index contributed by atoms with van der Waals surface area (Å²) in [5, 5.41) is 10.7. The van der Waals surface area contributed by atoms with E-state index in [0.29, 0.717) is 25.7 Å². The number of rotatable bonds is 80. The molecule has 0 spiro atoms. The Morgan fingerprint density at radius 2 is 0.455 bits per heavy atom. The standard InChI is InChI=1S/C82H160O17P2/c1-8-9-10-11-12-13-14-15-16-17-18-19-20-21-29-36-44-51-58-65-81(86)98-77(69-92-79(84)63-56-49-42-35-28-24-22-26-32-39-46-53-60-73(2)3)71-96-100(88,89)94-67-76(83)68-95-101(90,91)97-72-78(70-93-80(85)64-57-50-43-38-31-34-41-48-55-62-75(6)7)99-82(87)66-59-52-45-37-30-25-23-27-33-40-47-54-61-74(4)5/h73-78,83H,8-72H2,1-7H3,(H,88,89)(H,90,91)/t76-,77-,78-/m1/s1. The second-order valence-corrected chi connectivity index (χ2v) is 33.8. The topological polar surface area (TPSA) is 237 Å². The molecule has 0 radical (unpaired) electrons. The highest BCUT2D eigenvalue weighted by Gasteiger charge is 2.30. The molecule has 0 aliphatic heterocycles. The van der Waals surface area contributed by atoms with Gasteiger partial charge in [0.15, 0.2) is 12.2 Å². The molecule has 0 saturated carbocycles. The lowest BCUT2D eigenvalue weighted by Crippen LogP contribution is -2.30. The summed E-state index contributed by atoms with van der Waals surface area (Å²) < 4.78 is 68.8. The van der Waals surface area contributed by atoms with Crippen molar-refractivity contribution in [2.24, 2.45) is 17.8 Å². The summed E-state index contributed by atoms with van der Waals surface area (Å²) in [4.78, 5) is 73.1. The fourth-order valence-corrected chi connectivity index (χ4v) is 14.2. The summed E-state index contributed by atoms with van der Waals surface area (Å²) in [6.45, 7) is 12.0. The van der Waals surface area contributed by atoms with Crippen molar-refractivity contribution in [3.8, 4) is 0 Å². The first-order valence-corrected chi connectivity index (χ1v) is 45.3. The van der Waals surface area contributed by atoms with Gasteiger partial charge in [-0.15, -0.1) is 0 Å². The third kappa shape index (κ3) is 76.1. The molecule has 19 heteroatoms. The van der Waals surface area contributed by atoms with Crippen LogP contribution in [0.3, 0.4) is 0 Å². The van der Waals surface area contributed by atoms with Gasteiger partial charge in [-0.3, -0.25) is 37.3 Å². The largest absolute Gasteiger partial charge is 0.472 e. The number of hydrogen-bond acceptors (Lipinski definition) is 15. The molecule has 101 heavy (non-hydrogen) atoms. The van der Waals surface area contributed by atoms with Crippen LogP contribution < -0.4 is 0 Å². The molecule has 0 heterocycles. The minimum absolute atomic E-state index is 0.107. The predicted octanol–water partition coefficient (Wildman–Crippen LogP) is 24.5. The van der Waals surface area contributed by atoms with Crippen molar-refractivity contribution in [2.45, 2.75) is 446 Å². The van der Waals surface area contributed by atoms with E-state index in [2.05, 4.69) is 48.5 Å². The zero-order chi connectivity index (χ0) is 74.4. The Balaban J connectivity index is 5.26. The maximum Gasteiger partial charge on any atom is 0.472 e. The summed E-state index contributed by atoms with van der Waals surface area (Å²) in [6, 6.07) is 0. The van der Waals surface area contributed by atoms with Crippen LogP contribution in [-0.2, 0) is 65.4 Å². The lowest BCUT2D eigenvalue weighted by atomic mass is 10.0. The zero-order valence-corrected chi connectivity index (χ0v) is 68.2. The predicted molar refractivity (Wildman–Crippen MR) is 414 cm³/mol. The molecule has 0 aromatic rings. The summed E-state index contributed by atoms with van der Waals surface area (Å²) in [7, 11) is -9.92. The molecular weight excluding hydrogens is 1320 g/mol. The smallest absolute Gasteiger partial charge is 0.462 e. The molecule has 0 rings (SSSR count). The van der Waals surface area contributed by atoms with Crippen LogP contribution in [-0.4, -0.2) is 96.7 Å². The molecule has 0 fully saturated rings. The van der Waals surface area contributed by atoms with Crippen LogP contribution in [0, 0.1) is 17.8 Å². The van der Waals surface area contributed by atoms with Gasteiger partial charge in [-0.1, -0.05) is 376 Å². The van der Waals surface area contributed by atoms with E-state index in [1.54, 1.807) is 0 Å². The first-order chi connectivity index (χ1) is 48.7. The molecule has 600 valence electrons. The van der Waals surface area contributed by atoms with E-state index in [1.807, 2.05) is 0 Å². The van der Waals surface area contributed by atoms with Crippen LogP contribution in [0.4, 0.5) is 0 Å². The number of unbranched alkanes of at least 4 members (excludes halogenated alkanes) is 48. The molecule has 0 aliphatic carbocycles. The fourth-order valence-electron chi connectivity index (χ4n) is 12.7. The van der Waals surface area contributed by atoms with Gasteiger partial charge in [-0.25, -0.2) is 9.13 Å². The van der Waals surface area contributed by atoms with Crippen LogP contribution in [0.5, 0.6) is 0 Å². The molecule has 0 bridgehead atoms. The van der Waals surface area contributed by atoms with Crippen molar-refractivity contribution in [3.05, 3.63) is 0 Å². The number of aliphatic hydroxyl groups excluding tert-OH is 1. The van der Waals surface area contributed by atoms with E-state index in [1.165, 1.54) is 238 Å². The Hall–Kier alpha value is -1.94. The van der Waals surface area contributed by atoms with Crippen molar-refractivity contribution in [3.63, 3.8) is 0 Å². The zero-order valence-electron chi connectivity index (χ0n) is 66.4. The summed E-state index contributed by atoms with van der Waals surface area (Å²) in [5.41, 5.74) is 0. The number of phosphoric acid groups is 2. The maximum atomic E-state index is 13.1. The Morgan fingerprint density at radius 3 is 0.673 bits per heavy atom. The van der Waals surface area contributed by atoms with Crippen molar-refractivity contribution < 1.29 is 80.2 Å². The Morgan fingerprint density at radius 1 is 0.267 bits per heavy atom. The molecule has 0 amide bonds. The first-order valence-electron chi connectivity index (χ1n) is 42.3. The maximum absolute atomic E-state index is 13.1. The summed E-state index contributed by atoms with van der Waals surface area (Å²) >= 11 is 0. The highest BCUT2D eigenvalue weighted by molar-refractivity contribution is 7.47. The number of carbonyl (C=O) groups is 4.